The Morgan fingerprint density at radius 3 is 1.89 bits per heavy atom. The van der Waals surface area contributed by atoms with Gasteiger partial charge in [-0.2, -0.15) is 13.1 Å². The average Bonchev–Trinajstić information content (AvgIpc) is 3.79. The molecule has 0 saturated heterocycles. The van der Waals surface area contributed by atoms with Crippen LogP contribution >= 0.6 is 22.7 Å². The number of nitrogens with zero attached hydrogens (tertiary/aromatic N) is 4. The smallest absolute Gasteiger partial charge is 0.325 e. The quantitative estimate of drug-likeness (QED) is 0.136. The van der Waals surface area contributed by atoms with E-state index < -0.39 is 82.1 Å². The topological polar surface area (TPSA) is 154 Å². The van der Waals surface area contributed by atoms with Crippen LogP contribution in [0.3, 0.4) is 0 Å². The second-order valence-electron chi connectivity index (χ2n) is 12.2. The molecule has 2 aromatic heterocycles. The lowest BCUT2D eigenvalue weighted by Crippen LogP contribution is -2.57. The van der Waals surface area contributed by atoms with Gasteiger partial charge in [-0.1, -0.05) is 0 Å². The molecular formula is C35H28F5N7O5S3. The highest BCUT2D eigenvalue weighted by molar-refractivity contribution is 7.88. The number of benzene rings is 4. The van der Waals surface area contributed by atoms with E-state index >= 15 is 4.39 Å². The molecule has 55 heavy (non-hydrogen) atoms. The minimum absolute atomic E-state index is 0.0341. The summed E-state index contributed by atoms with van der Waals surface area (Å²) in [6.07, 6.45) is -1.16. The van der Waals surface area contributed by atoms with Crippen LogP contribution in [-0.2, 0) is 32.6 Å². The van der Waals surface area contributed by atoms with Gasteiger partial charge in [0.25, 0.3) is 0 Å². The molecule has 0 unspecified atom stereocenters. The van der Waals surface area contributed by atoms with Gasteiger partial charge in [-0.15, -0.1) is 22.7 Å². The van der Waals surface area contributed by atoms with Crippen LogP contribution in [0.4, 0.5) is 38.1 Å². The van der Waals surface area contributed by atoms with Crippen molar-refractivity contribution >= 4 is 82.5 Å². The Kier molecular flexibility index (Phi) is 11.4. The fourth-order valence-corrected chi connectivity index (χ4v) is 8.00. The van der Waals surface area contributed by atoms with E-state index in [1.165, 1.54) is 43.1 Å². The number of nitrogens with one attached hydrogen (secondary N) is 3. The number of anilines is 2. The van der Waals surface area contributed by atoms with Crippen molar-refractivity contribution in [3.8, 4) is 0 Å². The van der Waals surface area contributed by atoms with Crippen molar-refractivity contribution in [1.29, 1.82) is 0 Å². The molecule has 6 rings (SSSR count). The van der Waals surface area contributed by atoms with E-state index in [0.717, 1.165) is 50.1 Å². The van der Waals surface area contributed by atoms with E-state index in [0.29, 0.717) is 28.0 Å². The number of hydrogen-bond acceptors (Lipinski definition) is 9. The third kappa shape index (κ3) is 9.22. The molecule has 4 aromatic carbocycles. The van der Waals surface area contributed by atoms with E-state index in [1.807, 2.05) is 4.72 Å². The van der Waals surface area contributed by atoms with E-state index in [-0.39, 0.29) is 22.3 Å². The average molecular weight is 818 g/mol. The van der Waals surface area contributed by atoms with Gasteiger partial charge in [0.05, 0.1) is 31.6 Å². The molecular weight excluding hydrogens is 790 g/mol. The summed E-state index contributed by atoms with van der Waals surface area (Å²) >= 11 is 2.50. The Hall–Kier alpha value is -5.57. The first-order valence-electron chi connectivity index (χ1n) is 16.0. The summed E-state index contributed by atoms with van der Waals surface area (Å²) in [7, 11) is -2.53. The number of carbonyl (C=O) groups excluding carboxylic acids is 3. The molecule has 286 valence electrons. The predicted octanol–water partition coefficient (Wildman–Crippen LogP) is 5.58. The zero-order valence-electron chi connectivity index (χ0n) is 28.5. The van der Waals surface area contributed by atoms with Gasteiger partial charge < -0.3 is 15.1 Å². The minimum Gasteiger partial charge on any atom is -0.325 e. The van der Waals surface area contributed by atoms with Gasteiger partial charge in [-0.05, 0) is 72.1 Å². The lowest BCUT2D eigenvalue weighted by Gasteiger charge is -2.26. The van der Waals surface area contributed by atoms with Crippen LogP contribution in [0.2, 0.25) is 0 Å². The molecule has 0 radical (unpaired) electrons. The van der Waals surface area contributed by atoms with Crippen LogP contribution < -0.4 is 24.6 Å². The van der Waals surface area contributed by atoms with Crippen molar-refractivity contribution in [1.82, 2.24) is 24.7 Å². The Morgan fingerprint density at radius 1 is 0.709 bits per heavy atom. The molecule has 20 heteroatoms. The summed E-state index contributed by atoms with van der Waals surface area (Å²) in [6, 6.07) is 7.34. The van der Waals surface area contributed by atoms with Crippen molar-refractivity contribution in [3.05, 3.63) is 118 Å². The highest BCUT2D eigenvalue weighted by Crippen LogP contribution is 2.29. The van der Waals surface area contributed by atoms with Crippen molar-refractivity contribution in [3.63, 3.8) is 0 Å². The normalized spacial score (nSPS) is 12.7. The molecule has 0 fully saturated rings. The lowest BCUT2D eigenvalue weighted by molar-refractivity contribution is -0.120. The first-order chi connectivity index (χ1) is 26.1. The maximum Gasteiger partial charge on any atom is 0.330 e. The van der Waals surface area contributed by atoms with Crippen LogP contribution in [0.1, 0.15) is 11.1 Å². The zero-order valence-corrected chi connectivity index (χ0v) is 31.0. The van der Waals surface area contributed by atoms with Gasteiger partial charge in [0.2, 0.25) is 11.8 Å². The maximum atomic E-state index is 15.4. The molecule has 12 nitrogen and oxygen atoms in total. The summed E-state index contributed by atoms with van der Waals surface area (Å²) in [6.45, 7) is 0. The molecule has 4 amide bonds. The third-order valence-corrected chi connectivity index (χ3v) is 10.9. The van der Waals surface area contributed by atoms with Crippen LogP contribution in [0.25, 0.3) is 20.4 Å². The molecule has 2 atom stereocenters. The molecule has 3 N–H and O–H groups in total. The first kappa shape index (κ1) is 39.1. The molecule has 0 aliphatic heterocycles. The van der Waals surface area contributed by atoms with E-state index in [4.69, 9.17) is 0 Å². The maximum absolute atomic E-state index is 15.4. The summed E-state index contributed by atoms with van der Waals surface area (Å²) in [5, 5.41) is 2.15. The Labute approximate surface area is 317 Å². The van der Waals surface area contributed by atoms with Crippen molar-refractivity contribution in [2.45, 2.75) is 24.9 Å². The zero-order chi connectivity index (χ0) is 39.6. The van der Waals surface area contributed by atoms with Crippen molar-refractivity contribution < 1.29 is 44.8 Å². The molecule has 2 heterocycles. The van der Waals surface area contributed by atoms with Gasteiger partial charge in [-0.3, -0.25) is 9.59 Å². The standard InChI is InChI=1S/C35H28F5N7O5S3/c1-46(24-3-5-29-25(15-24)41-16-53-29)34(49)27(12-19-9-22(38)14-23(39)10-19)44-55(51,52)45-35(50)43-26(11-18-7-20(36)13-21(37)8-18)33(48)47(2)28-4-6-30-32(31(28)40)42-17-54-30/h3-10,13-17,26-27,44H,11-12H2,1-2H3,(H2,43,45,50)/t26-,27-/m0/s1. The number of urea groups is 1. The molecule has 0 saturated carbocycles. The number of likely N-dealkylation sites (N-methyl/N-ethyl adjacent to an activating group) is 2. The van der Waals surface area contributed by atoms with Gasteiger partial charge in [-0.25, -0.2) is 41.4 Å². The Morgan fingerprint density at radius 2 is 1.25 bits per heavy atom. The van der Waals surface area contributed by atoms with Crippen molar-refractivity contribution in [2.24, 2.45) is 0 Å². The van der Waals surface area contributed by atoms with Crippen LogP contribution in [-0.4, -0.2) is 62.4 Å². The second kappa shape index (κ2) is 16.0. The molecule has 0 bridgehead atoms. The molecule has 0 aliphatic rings. The molecule has 0 spiro atoms. The summed E-state index contributed by atoms with van der Waals surface area (Å²) in [4.78, 5) is 50.9. The fraction of sp³-hybridized carbons (Fsp3) is 0.171. The largest absolute Gasteiger partial charge is 0.330 e. The van der Waals surface area contributed by atoms with Gasteiger partial charge in [0, 0.05) is 38.3 Å². The third-order valence-electron chi connectivity index (χ3n) is 8.29. The monoisotopic (exact) mass is 817 g/mol. The van der Waals surface area contributed by atoms with Crippen molar-refractivity contribution in [2.75, 3.05) is 23.9 Å². The van der Waals surface area contributed by atoms with Crippen LogP contribution in [0.5, 0.6) is 0 Å². The Balaban J connectivity index is 1.25. The van der Waals surface area contributed by atoms with Crippen LogP contribution in [0.15, 0.2) is 77.8 Å². The number of thiazole rings is 2. The number of carbonyl (C=O) groups is 3. The predicted molar refractivity (Wildman–Crippen MR) is 197 cm³/mol. The summed E-state index contributed by atoms with van der Waals surface area (Å²) in [5.74, 6) is -6.77. The Bertz CT molecular complexity index is 2510. The fourth-order valence-electron chi connectivity index (χ4n) is 5.75. The highest BCUT2D eigenvalue weighted by Gasteiger charge is 2.32. The van der Waals surface area contributed by atoms with Gasteiger partial charge in [0.15, 0.2) is 5.82 Å². The number of rotatable bonds is 12. The number of halogens is 5. The summed E-state index contributed by atoms with van der Waals surface area (Å²) in [5.41, 5.74) is 3.32. The van der Waals surface area contributed by atoms with E-state index in [2.05, 4.69) is 15.3 Å². The number of aromatic nitrogens is 2. The first-order valence-corrected chi connectivity index (χ1v) is 19.2. The van der Waals surface area contributed by atoms with E-state index in [1.54, 1.807) is 28.4 Å². The lowest BCUT2D eigenvalue weighted by atomic mass is 10.0. The minimum atomic E-state index is -5.03. The van der Waals surface area contributed by atoms with Crippen LogP contribution in [0, 0.1) is 29.1 Å². The molecule has 0 aliphatic carbocycles. The second-order valence-corrected chi connectivity index (χ2v) is 15.4. The SMILES string of the molecule is CN(C(=O)[C@H](Cc1cc(F)cc(F)c1)NS(=O)(=O)NC(=O)N[C@@H](Cc1cc(F)cc(F)c1)C(=O)N(C)c1ccc2scnc2c1F)c1ccc2scnc2c1. The van der Waals surface area contributed by atoms with E-state index in [9.17, 15) is 40.4 Å². The number of amides is 4. The molecule has 6 aromatic rings. The van der Waals surface area contributed by atoms with Gasteiger partial charge >= 0.3 is 16.2 Å². The number of hydrogen-bond donors (Lipinski definition) is 3. The summed E-state index contributed by atoms with van der Waals surface area (Å²) < 4.78 is 104. The highest BCUT2D eigenvalue weighted by atomic mass is 32.2. The number of fused-ring (bicyclic) bond motifs is 2. The van der Waals surface area contributed by atoms with Gasteiger partial charge in [0.1, 0.15) is 40.9 Å².